The maximum Gasteiger partial charge on any atom is 0.303 e. The molecule has 1 rings (SSSR count). The summed E-state index contributed by atoms with van der Waals surface area (Å²) in [5.74, 6) is 0.0748. The van der Waals surface area contributed by atoms with E-state index in [0.29, 0.717) is 6.42 Å². The van der Waals surface area contributed by atoms with E-state index in [2.05, 4.69) is 4.90 Å². The minimum atomic E-state index is -0.749. The Morgan fingerprint density at radius 3 is 2.71 bits per heavy atom. The Hall–Kier alpha value is -1.71. The third-order valence-electron chi connectivity index (χ3n) is 2.63. The number of aliphatic carboxylic acids is 1. The van der Waals surface area contributed by atoms with Crippen LogP contribution in [0.15, 0.2) is 24.3 Å². The van der Waals surface area contributed by atoms with Gasteiger partial charge in [0, 0.05) is 19.5 Å². The van der Waals surface area contributed by atoms with Gasteiger partial charge in [-0.1, -0.05) is 12.1 Å². The summed E-state index contributed by atoms with van der Waals surface area (Å²) >= 11 is 0. The number of methoxy groups -OCH3 is 1. The van der Waals surface area contributed by atoms with Crippen molar-refractivity contribution in [1.82, 2.24) is 0 Å². The van der Waals surface area contributed by atoms with Gasteiger partial charge in [0.05, 0.1) is 12.8 Å². The summed E-state index contributed by atoms with van der Waals surface area (Å²) < 4.78 is 5.30. The SMILES string of the molecule is CCN(CCCC(=O)O)c1ccccc1OC. The van der Waals surface area contributed by atoms with Crippen LogP contribution >= 0.6 is 0 Å². The molecule has 0 radical (unpaired) electrons. The Kier molecular flexibility index (Phi) is 5.33. The van der Waals surface area contributed by atoms with Crippen LogP contribution in [0.3, 0.4) is 0 Å². The van der Waals surface area contributed by atoms with Crippen molar-refractivity contribution in [1.29, 1.82) is 0 Å². The zero-order valence-corrected chi connectivity index (χ0v) is 10.3. The van der Waals surface area contributed by atoms with Gasteiger partial charge in [-0.05, 0) is 25.5 Å². The lowest BCUT2D eigenvalue weighted by atomic mass is 10.2. The molecular formula is C13H19NO3. The number of hydrogen-bond donors (Lipinski definition) is 1. The van der Waals surface area contributed by atoms with Crippen LogP contribution in [0, 0.1) is 0 Å². The van der Waals surface area contributed by atoms with Crippen LogP contribution in [0.4, 0.5) is 5.69 Å². The maximum absolute atomic E-state index is 10.5. The van der Waals surface area contributed by atoms with E-state index >= 15 is 0 Å². The van der Waals surface area contributed by atoms with Gasteiger partial charge in [0.25, 0.3) is 0 Å². The molecule has 0 aliphatic carbocycles. The van der Waals surface area contributed by atoms with Crippen LogP contribution < -0.4 is 9.64 Å². The summed E-state index contributed by atoms with van der Waals surface area (Å²) in [5, 5.41) is 8.63. The van der Waals surface area contributed by atoms with Gasteiger partial charge in [-0.15, -0.1) is 0 Å². The van der Waals surface area contributed by atoms with Gasteiger partial charge in [-0.3, -0.25) is 4.79 Å². The fourth-order valence-electron chi connectivity index (χ4n) is 1.76. The highest BCUT2D eigenvalue weighted by Crippen LogP contribution is 2.27. The molecule has 0 saturated heterocycles. The van der Waals surface area contributed by atoms with Gasteiger partial charge < -0.3 is 14.7 Å². The molecule has 0 aliphatic rings. The molecule has 0 bridgehead atoms. The topological polar surface area (TPSA) is 49.8 Å². The lowest BCUT2D eigenvalue weighted by Gasteiger charge is -2.24. The van der Waals surface area contributed by atoms with Gasteiger partial charge in [0.15, 0.2) is 0 Å². The molecule has 0 amide bonds. The number of carbonyl (C=O) groups is 1. The molecule has 94 valence electrons. The normalized spacial score (nSPS) is 10.0. The van der Waals surface area contributed by atoms with Crippen molar-refractivity contribution in [3.8, 4) is 5.75 Å². The van der Waals surface area contributed by atoms with Crippen molar-refractivity contribution in [3.63, 3.8) is 0 Å². The van der Waals surface area contributed by atoms with Gasteiger partial charge in [0.2, 0.25) is 0 Å². The highest BCUT2D eigenvalue weighted by Gasteiger charge is 2.09. The van der Waals surface area contributed by atoms with E-state index in [4.69, 9.17) is 9.84 Å². The summed E-state index contributed by atoms with van der Waals surface area (Å²) in [5.41, 5.74) is 1.02. The van der Waals surface area contributed by atoms with E-state index in [1.165, 1.54) is 0 Å². The van der Waals surface area contributed by atoms with E-state index in [1.54, 1.807) is 7.11 Å². The summed E-state index contributed by atoms with van der Waals surface area (Å²) in [6.45, 7) is 3.61. The second kappa shape index (κ2) is 6.78. The number of ether oxygens (including phenoxy) is 1. The number of hydrogen-bond acceptors (Lipinski definition) is 3. The van der Waals surface area contributed by atoms with Crippen LogP contribution in [0.25, 0.3) is 0 Å². The van der Waals surface area contributed by atoms with Gasteiger partial charge in [0.1, 0.15) is 5.75 Å². The fourth-order valence-corrected chi connectivity index (χ4v) is 1.76. The zero-order chi connectivity index (χ0) is 12.7. The van der Waals surface area contributed by atoms with E-state index < -0.39 is 5.97 Å². The molecule has 1 aromatic rings. The van der Waals surface area contributed by atoms with Crippen LogP contribution in [-0.2, 0) is 4.79 Å². The highest BCUT2D eigenvalue weighted by atomic mass is 16.5. The Labute approximate surface area is 102 Å². The number of carboxylic acids is 1. The van der Waals surface area contributed by atoms with Crippen LogP contribution in [0.5, 0.6) is 5.75 Å². The largest absolute Gasteiger partial charge is 0.495 e. The van der Waals surface area contributed by atoms with Gasteiger partial charge in [-0.25, -0.2) is 0 Å². The predicted molar refractivity (Wildman–Crippen MR) is 67.8 cm³/mol. The molecule has 1 N–H and O–H groups in total. The molecule has 17 heavy (non-hydrogen) atoms. The second-order valence-electron chi connectivity index (χ2n) is 3.75. The van der Waals surface area contributed by atoms with Crippen molar-refractivity contribution in [3.05, 3.63) is 24.3 Å². The monoisotopic (exact) mass is 237 g/mol. The van der Waals surface area contributed by atoms with Crippen molar-refractivity contribution in [2.45, 2.75) is 19.8 Å². The Bertz CT molecular complexity index is 365. The van der Waals surface area contributed by atoms with Gasteiger partial charge >= 0.3 is 5.97 Å². The van der Waals surface area contributed by atoms with Crippen molar-refractivity contribution < 1.29 is 14.6 Å². The molecule has 0 aromatic heterocycles. The van der Waals surface area contributed by atoms with E-state index in [0.717, 1.165) is 24.5 Å². The number of rotatable bonds is 7. The first-order valence-corrected chi connectivity index (χ1v) is 5.78. The molecule has 0 heterocycles. The minimum Gasteiger partial charge on any atom is -0.495 e. The maximum atomic E-state index is 10.5. The van der Waals surface area contributed by atoms with Crippen LogP contribution in [-0.4, -0.2) is 31.3 Å². The summed E-state index contributed by atoms with van der Waals surface area (Å²) in [6.07, 6.45) is 0.840. The molecule has 4 nitrogen and oxygen atoms in total. The lowest BCUT2D eigenvalue weighted by Crippen LogP contribution is -2.24. The zero-order valence-electron chi connectivity index (χ0n) is 10.3. The smallest absolute Gasteiger partial charge is 0.303 e. The quantitative estimate of drug-likeness (QED) is 0.791. The summed E-state index contributed by atoms with van der Waals surface area (Å²) in [7, 11) is 1.64. The predicted octanol–water partition coefficient (Wildman–Crippen LogP) is 2.39. The van der Waals surface area contributed by atoms with E-state index in [9.17, 15) is 4.79 Å². The second-order valence-corrected chi connectivity index (χ2v) is 3.75. The lowest BCUT2D eigenvalue weighted by molar-refractivity contribution is -0.137. The Morgan fingerprint density at radius 1 is 1.41 bits per heavy atom. The third kappa shape index (κ3) is 3.98. The summed E-state index contributed by atoms with van der Waals surface area (Å²) in [4.78, 5) is 12.6. The number of anilines is 1. The number of nitrogens with zero attached hydrogens (tertiary/aromatic N) is 1. The average molecular weight is 237 g/mol. The fraction of sp³-hybridized carbons (Fsp3) is 0.462. The Morgan fingerprint density at radius 2 is 2.12 bits per heavy atom. The minimum absolute atomic E-state index is 0.200. The molecular weight excluding hydrogens is 218 g/mol. The molecule has 0 aliphatic heterocycles. The van der Waals surface area contributed by atoms with Crippen LogP contribution in [0.1, 0.15) is 19.8 Å². The van der Waals surface area contributed by atoms with Crippen molar-refractivity contribution in [2.75, 3.05) is 25.1 Å². The van der Waals surface area contributed by atoms with E-state index in [1.807, 2.05) is 31.2 Å². The van der Waals surface area contributed by atoms with Crippen LogP contribution in [0.2, 0.25) is 0 Å². The van der Waals surface area contributed by atoms with Crippen molar-refractivity contribution in [2.24, 2.45) is 0 Å². The van der Waals surface area contributed by atoms with Crippen molar-refractivity contribution >= 4 is 11.7 Å². The highest BCUT2D eigenvalue weighted by molar-refractivity contribution is 5.66. The third-order valence-corrected chi connectivity index (χ3v) is 2.63. The molecule has 0 spiro atoms. The first-order valence-electron chi connectivity index (χ1n) is 5.78. The van der Waals surface area contributed by atoms with Gasteiger partial charge in [-0.2, -0.15) is 0 Å². The number of carboxylic acid groups (broad SMARTS) is 1. The van der Waals surface area contributed by atoms with E-state index in [-0.39, 0.29) is 6.42 Å². The number of benzene rings is 1. The molecule has 0 fully saturated rings. The molecule has 4 heteroatoms. The molecule has 0 saturated carbocycles. The molecule has 0 atom stereocenters. The summed E-state index contributed by atoms with van der Waals surface area (Å²) in [6, 6.07) is 7.78. The first kappa shape index (κ1) is 13.4. The first-order chi connectivity index (χ1) is 8.19. The molecule has 1 aromatic carbocycles. The number of para-hydroxylation sites is 2. The average Bonchev–Trinajstić information content (AvgIpc) is 2.34. The Balaban J connectivity index is 2.68. The standard InChI is InChI=1S/C13H19NO3/c1-3-14(10-6-9-13(15)16)11-7-4-5-8-12(11)17-2/h4-5,7-8H,3,6,9-10H2,1-2H3,(H,15,16). The molecule has 0 unspecified atom stereocenters.